The minimum Gasteiger partial charge on any atom is -0.383 e. The topological polar surface area (TPSA) is 76.3 Å². The third-order valence-corrected chi connectivity index (χ3v) is 2.95. The number of anilines is 1. The molecule has 6 nitrogen and oxygen atoms in total. The lowest BCUT2D eigenvalue weighted by atomic mass is 10.3. The molecule has 0 bridgehead atoms. The van der Waals surface area contributed by atoms with Crippen molar-refractivity contribution in [2.75, 3.05) is 26.2 Å². The lowest BCUT2D eigenvalue weighted by Gasteiger charge is -2.23. The molecular weight excluding hydrogens is 214 g/mol. The Hall–Kier alpha value is -0.760. The molecule has 0 spiro atoms. The number of hydrogen-bond acceptors (Lipinski definition) is 7. The highest BCUT2D eigenvalue weighted by molar-refractivity contribution is 7.10. The fourth-order valence-electron chi connectivity index (χ4n) is 1.18. The molecule has 0 saturated heterocycles. The largest absolute Gasteiger partial charge is 0.383 e. The van der Waals surface area contributed by atoms with Crippen LogP contribution in [0.5, 0.6) is 0 Å². The Balaban J connectivity index is 2.53. The summed E-state index contributed by atoms with van der Waals surface area (Å²) in [5, 5.41) is 4.82. The first-order valence-electron chi connectivity index (χ1n) is 4.66. The third-order valence-electron chi connectivity index (χ3n) is 2.25. The third kappa shape index (κ3) is 3.38. The van der Waals surface area contributed by atoms with Crippen LogP contribution in [0.4, 0.5) is 5.00 Å². The van der Waals surface area contributed by atoms with Gasteiger partial charge in [0, 0.05) is 31.2 Å². The molecule has 0 fully saturated rings. The van der Waals surface area contributed by atoms with Crippen LogP contribution in [-0.2, 0) is 11.3 Å². The van der Waals surface area contributed by atoms with Crippen LogP contribution in [0.3, 0.4) is 0 Å². The normalized spacial score (nSPS) is 13.1. The van der Waals surface area contributed by atoms with Crippen molar-refractivity contribution < 1.29 is 4.74 Å². The second kappa shape index (κ2) is 5.96. The number of hydrogen-bond donors (Lipinski definition) is 2. The minimum absolute atomic E-state index is 0.335. The molecule has 1 aromatic rings. The number of nitrogens with two attached hydrogens (primary N) is 1. The molecule has 0 aliphatic heterocycles. The smallest absolute Gasteiger partial charge is 0.148 e. The standard InChI is InChI=1S/C8H17N5OS/c1-6(5-14-3)13(2)4-7-8(10-9)15-12-11-7/h6,10H,4-5,9H2,1-3H3. The van der Waals surface area contributed by atoms with Gasteiger partial charge in [-0.2, -0.15) is 0 Å². The molecule has 0 radical (unpaired) electrons. The predicted octanol–water partition coefficient (Wildman–Crippen LogP) is 0.290. The zero-order valence-corrected chi connectivity index (χ0v) is 10.0. The van der Waals surface area contributed by atoms with Gasteiger partial charge in [0.05, 0.1) is 6.61 Å². The molecule has 15 heavy (non-hydrogen) atoms. The van der Waals surface area contributed by atoms with Gasteiger partial charge in [-0.25, -0.2) is 5.84 Å². The predicted molar refractivity (Wildman–Crippen MR) is 60.5 cm³/mol. The molecular formula is C8H17N5OS. The quantitative estimate of drug-likeness (QED) is 0.541. The number of methoxy groups -OCH3 is 1. The number of rotatable bonds is 6. The summed E-state index contributed by atoms with van der Waals surface area (Å²) < 4.78 is 8.93. The van der Waals surface area contributed by atoms with Crippen LogP contribution < -0.4 is 11.3 Å². The van der Waals surface area contributed by atoms with E-state index >= 15 is 0 Å². The van der Waals surface area contributed by atoms with Crippen molar-refractivity contribution in [3.05, 3.63) is 5.69 Å². The van der Waals surface area contributed by atoms with E-state index < -0.39 is 0 Å². The number of ether oxygens (including phenoxy) is 1. The highest BCUT2D eigenvalue weighted by atomic mass is 32.1. The molecule has 1 heterocycles. The van der Waals surface area contributed by atoms with Crippen LogP contribution in [0.25, 0.3) is 0 Å². The first-order chi connectivity index (χ1) is 7.19. The monoisotopic (exact) mass is 231 g/mol. The van der Waals surface area contributed by atoms with E-state index in [4.69, 9.17) is 10.6 Å². The van der Waals surface area contributed by atoms with E-state index in [0.29, 0.717) is 19.2 Å². The summed E-state index contributed by atoms with van der Waals surface area (Å²) in [6, 6.07) is 0.335. The van der Waals surface area contributed by atoms with E-state index in [2.05, 4.69) is 26.8 Å². The number of hydrazine groups is 1. The summed E-state index contributed by atoms with van der Waals surface area (Å²) >= 11 is 1.26. The average Bonchev–Trinajstić information content (AvgIpc) is 2.65. The van der Waals surface area contributed by atoms with Crippen LogP contribution in [0.15, 0.2) is 0 Å². The first-order valence-corrected chi connectivity index (χ1v) is 5.43. The van der Waals surface area contributed by atoms with Crippen molar-refractivity contribution in [3.8, 4) is 0 Å². The van der Waals surface area contributed by atoms with Crippen molar-refractivity contribution in [2.45, 2.75) is 19.5 Å². The van der Waals surface area contributed by atoms with Gasteiger partial charge in [0.15, 0.2) is 0 Å². The van der Waals surface area contributed by atoms with Gasteiger partial charge >= 0.3 is 0 Å². The van der Waals surface area contributed by atoms with Crippen molar-refractivity contribution >= 4 is 16.5 Å². The van der Waals surface area contributed by atoms with E-state index in [1.54, 1.807) is 7.11 Å². The molecule has 7 heteroatoms. The summed E-state index contributed by atoms with van der Waals surface area (Å²) in [7, 11) is 3.71. The van der Waals surface area contributed by atoms with Gasteiger partial charge in [0.25, 0.3) is 0 Å². The average molecular weight is 231 g/mol. The molecule has 1 atom stereocenters. The van der Waals surface area contributed by atoms with E-state index in [1.165, 1.54) is 11.5 Å². The maximum atomic E-state index is 5.34. The number of nitrogens with one attached hydrogen (secondary N) is 1. The molecule has 0 amide bonds. The van der Waals surface area contributed by atoms with Gasteiger partial charge in [-0.1, -0.05) is 4.49 Å². The van der Waals surface area contributed by atoms with Gasteiger partial charge < -0.3 is 10.2 Å². The fraction of sp³-hybridized carbons (Fsp3) is 0.750. The minimum atomic E-state index is 0.335. The summed E-state index contributed by atoms with van der Waals surface area (Å²) in [6.07, 6.45) is 0. The van der Waals surface area contributed by atoms with Gasteiger partial charge in [0.1, 0.15) is 10.7 Å². The number of nitrogen functional groups attached to an aromatic ring is 1. The van der Waals surface area contributed by atoms with Crippen LogP contribution in [-0.4, -0.2) is 41.3 Å². The number of aromatic nitrogens is 2. The van der Waals surface area contributed by atoms with E-state index in [9.17, 15) is 0 Å². The van der Waals surface area contributed by atoms with E-state index in [1.807, 2.05) is 7.05 Å². The van der Waals surface area contributed by atoms with Crippen molar-refractivity contribution in [1.82, 2.24) is 14.5 Å². The molecule has 0 aliphatic rings. The number of nitrogens with zero attached hydrogens (tertiary/aromatic N) is 3. The Kier molecular flexibility index (Phi) is 4.89. The molecule has 0 aliphatic carbocycles. The Morgan fingerprint density at radius 3 is 3.00 bits per heavy atom. The van der Waals surface area contributed by atoms with Crippen LogP contribution >= 0.6 is 11.5 Å². The summed E-state index contributed by atoms with van der Waals surface area (Å²) in [5.74, 6) is 5.34. The molecule has 0 aromatic carbocycles. The second-order valence-electron chi connectivity index (χ2n) is 3.41. The van der Waals surface area contributed by atoms with E-state index in [-0.39, 0.29) is 0 Å². The van der Waals surface area contributed by atoms with Crippen LogP contribution in [0.2, 0.25) is 0 Å². The van der Waals surface area contributed by atoms with Gasteiger partial charge in [-0.05, 0) is 14.0 Å². The summed E-state index contributed by atoms with van der Waals surface area (Å²) in [5.41, 5.74) is 3.46. The maximum absolute atomic E-state index is 5.34. The Bertz CT molecular complexity index is 292. The second-order valence-corrected chi connectivity index (χ2v) is 4.17. The Morgan fingerprint density at radius 2 is 2.40 bits per heavy atom. The van der Waals surface area contributed by atoms with E-state index in [0.717, 1.165) is 10.7 Å². The fourth-order valence-corrected chi connectivity index (χ4v) is 1.67. The summed E-state index contributed by atoms with van der Waals surface area (Å²) in [6.45, 7) is 3.50. The SMILES string of the molecule is COCC(C)N(C)Cc1nnsc1NN. The molecule has 86 valence electrons. The molecule has 0 saturated carbocycles. The Labute approximate surface area is 93.5 Å². The molecule has 1 unspecified atom stereocenters. The molecule has 1 aromatic heterocycles. The van der Waals surface area contributed by atoms with Gasteiger partial charge in [0.2, 0.25) is 0 Å². The maximum Gasteiger partial charge on any atom is 0.148 e. The van der Waals surface area contributed by atoms with Crippen LogP contribution in [0.1, 0.15) is 12.6 Å². The van der Waals surface area contributed by atoms with Crippen molar-refractivity contribution in [1.29, 1.82) is 0 Å². The zero-order chi connectivity index (χ0) is 11.3. The first kappa shape index (κ1) is 12.3. The molecule has 3 N–H and O–H groups in total. The molecule has 1 rings (SSSR count). The lowest BCUT2D eigenvalue weighted by Crippen LogP contribution is -2.32. The summed E-state index contributed by atoms with van der Waals surface area (Å²) in [4.78, 5) is 2.14. The van der Waals surface area contributed by atoms with Crippen LogP contribution in [0, 0.1) is 0 Å². The lowest BCUT2D eigenvalue weighted by molar-refractivity contribution is 0.111. The zero-order valence-electron chi connectivity index (χ0n) is 9.23. The van der Waals surface area contributed by atoms with Gasteiger partial charge in [-0.15, -0.1) is 5.10 Å². The number of likely N-dealkylation sites (N-methyl/N-ethyl adjacent to an activating group) is 1. The van der Waals surface area contributed by atoms with Crippen molar-refractivity contribution in [2.24, 2.45) is 5.84 Å². The Morgan fingerprint density at radius 1 is 1.67 bits per heavy atom. The van der Waals surface area contributed by atoms with Crippen molar-refractivity contribution in [3.63, 3.8) is 0 Å². The highest BCUT2D eigenvalue weighted by Gasteiger charge is 2.13. The highest BCUT2D eigenvalue weighted by Crippen LogP contribution is 2.17. The van der Waals surface area contributed by atoms with Gasteiger partial charge in [-0.3, -0.25) is 4.90 Å².